The van der Waals surface area contributed by atoms with Crippen LogP contribution in [0.3, 0.4) is 0 Å². The van der Waals surface area contributed by atoms with E-state index in [4.69, 9.17) is 10.3 Å². The van der Waals surface area contributed by atoms with Crippen LogP contribution in [0.5, 0.6) is 0 Å². The lowest BCUT2D eigenvalue weighted by Crippen LogP contribution is -1.88. The number of halogens is 1. The Morgan fingerprint density at radius 3 is 2.89 bits per heavy atom. The van der Waals surface area contributed by atoms with Gasteiger partial charge in [0.15, 0.2) is 0 Å². The minimum Gasteiger partial charge on any atom is -0.367 e. The van der Waals surface area contributed by atoms with Crippen molar-refractivity contribution < 1.29 is 8.91 Å². The molecule has 3 aromatic rings. The van der Waals surface area contributed by atoms with Gasteiger partial charge in [0.2, 0.25) is 5.88 Å². The first-order chi connectivity index (χ1) is 9.15. The molecule has 0 amide bonds. The van der Waals surface area contributed by atoms with Gasteiger partial charge >= 0.3 is 0 Å². The minimum absolute atomic E-state index is 0.145. The summed E-state index contributed by atoms with van der Waals surface area (Å²) in [6.07, 6.45) is 3.44. The number of hydrogen-bond donors (Lipinski definition) is 1. The second-order valence-electron chi connectivity index (χ2n) is 4.21. The first kappa shape index (κ1) is 11.5. The Hall–Kier alpha value is -2.63. The van der Waals surface area contributed by atoms with Crippen molar-refractivity contribution in [1.29, 1.82) is 0 Å². The molecule has 0 unspecified atom stereocenters. The van der Waals surface area contributed by atoms with E-state index in [9.17, 15) is 4.39 Å². The lowest BCUT2D eigenvalue weighted by Gasteiger charge is -2.00. The van der Waals surface area contributed by atoms with Gasteiger partial charge in [0.05, 0.1) is 11.9 Å². The Bertz CT molecular complexity index is 732. The Kier molecular flexibility index (Phi) is 2.56. The van der Waals surface area contributed by atoms with Gasteiger partial charge < -0.3 is 14.8 Å². The molecule has 0 radical (unpaired) electrons. The van der Waals surface area contributed by atoms with Gasteiger partial charge in [0, 0.05) is 13.2 Å². The van der Waals surface area contributed by atoms with Crippen molar-refractivity contribution in [3.8, 4) is 22.5 Å². The van der Waals surface area contributed by atoms with Gasteiger partial charge in [-0.15, -0.1) is 0 Å². The maximum absolute atomic E-state index is 13.3. The third kappa shape index (κ3) is 1.97. The van der Waals surface area contributed by atoms with E-state index < -0.39 is 0 Å². The van der Waals surface area contributed by atoms with E-state index in [0.29, 0.717) is 22.5 Å². The topological polar surface area (TPSA) is 69.9 Å². The van der Waals surface area contributed by atoms with Crippen molar-refractivity contribution in [2.45, 2.75) is 0 Å². The number of nitrogen functional groups attached to an aromatic ring is 1. The lowest BCUT2D eigenvalue weighted by atomic mass is 10.0. The summed E-state index contributed by atoms with van der Waals surface area (Å²) in [4.78, 5) is 4.20. The van der Waals surface area contributed by atoms with Crippen LogP contribution < -0.4 is 5.73 Å². The van der Waals surface area contributed by atoms with Crippen LogP contribution >= 0.6 is 0 Å². The monoisotopic (exact) mass is 258 g/mol. The average Bonchev–Trinajstić information content (AvgIpc) is 2.95. The van der Waals surface area contributed by atoms with E-state index in [0.717, 1.165) is 0 Å². The Morgan fingerprint density at radius 1 is 1.37 bits per heavy atom. The third-order valence-electron chi connectivity index (χ3n) is 2.78. The number of nitrogens with two attached hydrogens (primary N) is 1. The smallest absolute Gasteiger partial charge is 0.230 e. The molecular formula is C13H11FN4O. The van der Waals surface area contributed by atoms with Crippen LogP contribution in [0.25, 0.3) is 22.5 Å². The van der Waals surface area contributed by atoms with Gasteiger partial charge in [-0.2, -0.15) is 0 Å². The van der Waals surface area contributed by atoms with E-state index >= 15 is 0 Å². The molecule has 0 aliphatic heterocycles. The van der Waals surface area contributed by atoms with E-state index in [1.54, 1.807) is 29.2 Å². The van der Waals surface area contributed by atoms with E-state index in [2.05, 4.69) is 10.1 Å². The SMILES string of the molecule is Cn1cnc(-c2noc(N)c2-c2cccc(F)c2)c1. The van der Waals surface area contributed by atoms with E-state index in [-0.39, 0.29) is 11.7 Å². The van der Waals surface area contributed by atoms with Crippen LogP contribution in [0.2, 0.25) is 0 Å². The summed E-state index contributed by atoms with van der Waals surface area (Å²) in [5.74, 6) is -0.198. The average molecular weight is 258 g/mol. The highest BCUT2D eigenvalue weighted by molar-refractivity contribution is 5.85. The molecule has 0 bridgehead atoms. The fourth-order valence-electron chi connectivity index (χ4n) is 1.94. The highest BCUT2D eigenvalue weighted by atomic mass is 19.1. The van der Waals surface area contributed by atoms with Gasteiger partial charge in [0.1, 0.15) is 17.2 Å². The molecule has 0 aliphatic rings. The molecule has 2 N–H and O–H groups in total. The maximum Gasteiger partial charge on any atom is 0.230 e. The number of nitrogens with zero attached hydrogens (tertiary/aromatic N) is 3. The van der Waals surface area contributed by atoms with Crippen LogP contribution in [0.4, 0.5) is 10.3 Å². The molecule has 19 heavy (non-hydrogen) atoms. The van der Waals surface area contributed by atoms with Crippen molar-refractivity contribution in [2.75, 3.05) is 5.73 Å². The lowest BCUT2D eigenvalue weighted by molar-refractivity contribution is 0.439. The largest absolute Gasteiger partial charge is 0.367 e. The molecule has 3 rings (SSSR count). The molecule has 0 saturated carbocycles. The molecule has 0 aliphatic carbocycles. The number of hydrogen-bond acceptors (Lipinski definition) is 4. The zero-order chi connectivity index (χ0) is 13.4. The molecule has 6 heteroatoms. The summed E-state index contributed by atoms with van der Waals surface area (Å²) < 4.78 is 20.1. The summed E-state index contributed by atoms with van der Waals surface area (Å²) in [7, 11) is 1.85. The van der Waals surface area contributed by atoms with E-state index in [1.165, 1.54) is 12.1 Å². The predicted molar refractivity (Wildman–Crippen MR) is 68.5 cm³/mol. The van der Waals surface area contributed by atoms with Gasteiger partial charge in [-0.25, -0.2) is 9.37 Å². The van der Waals surface area contributed by atoms with Crippen molar-refractivity contribution in [1.82, 2.24) is 14.7 Å². The standard InChI is InChI=1S/C13H11FN4O/c1-18-6-10(16-7-18)12-11(13(15)19-17-12)8-3-2-4-9(14)5-8/h2-7H,15H2,1H3. The second kappa shape index (κ2) is 4.24. The van der Waals surface area contributed by atoms with Gasteiger partial charge in [-0.3, -0.25) is 0 Å². The minimum atomic E-state index is -0.343. The number of benzene rings is 1. The van der Waals surface area contributed by atoms with Crippen molar-refractivity contribution in [3.63, 3.8) is 0 Å². The van der Waals surface area contributed by atoms with Gasteiger partial charge in [0.25, 0.3) is 0 Å². The number of imidazole rings is 1. The van der Waals surface area contributed by atoms with Crippen LogP contribution in [-0.4, -0.2) is 14.7 Å². The number of aryl methyl sites for hydroxylation is 1. The fourth-order valence-corrected chi connectivity index (χ4v) is 1.94. The van der Waals surface area contributed by atoms with Crippen LogP contribution in [0, 0.1) is 5.82 Å². The molecule has 0 spiro atoms. The molecule has 2 heterocycles. The Labute approximate surface area is 108 Å². The van der Waals surface area contributed by atoms with Crippen LogP contribution in [-0.2, 0) is 7.05 Å². The molecule has 0 atom stereocenters. The zero-order valence-corrected chi connectivity index (χ0v) is 10.2. The zero-order valence-electron chi connectivity index (χ0n) is 10.2. The Balaban J connectivity index is 2.19. The highest BCUT2D eigenvalue weighted by Gasteiger charge is 2.19. The van der Waals surface area contributed by atoms with E-state index in [1.807, 2.05) is 7.05 Å². The predicted octanol–water partition coefficient (Wildman–Crippen LogP) is 2.46. The molecule has 96 valence electrons. The molecule has 0 saturated heterocycles. The molecule has 1 aromatic carbocycles. The van der Waals surface area contributed by atoms with Gasteiger partial charge in [-0.05, 0) is 17.7 Å². The van der Waals surface area contributed by atoms with Crippen LogP contribution in [0.15, 0.2) is 41.3 Å². The summed E-state index contributed by atoms with van der Waals surface area (Å²) in [6, 6.07) is 6.11. The number of aromatic nitrogens is 3. The summed E-state index contributed by atoms with van der Waals surface area (Å²) >= 11 is 0. The number of anilines is 1. The molecule has 5 nitrogen and oxygen atoms in total. The quantitative estimate of drug-likeness (QED) is 0.766. The third-order valence-corrected chi connectivity index (χ3v) is 2.78. The molecule has 2 aromatic heterocycles. The first-order valence-corrected chi connectivity index (χ1v) is 5.64. The van der Waals surface area contributed by atoms with Crippen molar-refractivity contribution in [2.24, 2.45) is 7.05 Å². The van der Waals surface area contributed by atoms with Crippen molar-refractivity contribution >= 4 is 5.88 Å². The van der Waals surface area contributed by atoms with Gasteiger partial charge in [-0.1, -0.05) is 17.3 Å². The molecule has 0 fully saturated rings. The second-order valence-corrected chi connectivity index (χ2v) is 4.21. The first-order valence-electron chi connectivity index (χ1n) is 5.64. The number of rotatable bonds is 2. The highest BCUT2D eigenvalue weighted by Crippen LogP contribution is 2.35. The summed E-state index contributed by atoms with van der Waals surface area (Å²) in [5.41, 5.74) is 8.08. The normalized spacial score (nSPS) is 10.8. The fraction of sp³-hybridized carbons (Fsp3) is 0.0769. The maximum atomic E-state index is 13.3. The van der Waals surface area contributed by atoms with Crippen LogP contribution in [0.1, 0.15) is 0 Å². The summed E-state index contributed by atoms with van der Waals surface area (Å²) in [5, 5.41) is 3.91. The van der Waals surface area contributed by atoms with Crippen molar-refractivity contribution in [3.05, 3.63) is 42.6 Å². The molecular weight excluding hydrogens is 247 g/mol. The summed E-state index contributed by atoms with van der Waals surface area (Å²) in [6.45, 7) is 0. The Morgan fingerprint density at radius 2 is 2.21 bits per heavy atom.